The van der Waals surface area contributed by atoms with Gasteiger partial charge in [-0.2, -0.15) is 0 Å². The van der Waals surface area contributed by atoms with Crippen molar-refractivity contribution in [1.82, 2.24) is 0 Å². The van der Waals surface area contributed by atoms with E-state index in [1.165, 1.54) is 38.5 Å². The van der Waals surface area contributed by atoms with E-state index in [0.29, 0.717) is 12.8 Å². The number of hydrogen-bond donors (Lipinski definition) is 2. The van der Waals surface area contributed by atoms with Gasteiger partial charge in [0.1, 0.15) is 0 Å². The summed E-state index contributed by atoms with van der Waals surface area (Å²) in [6.45, 7) is 2.31. The van der Waals surface area contributed by atoms with Crippen molar-refractivity contribution in [3.63, 3.8) is 0 Å². The average Bonchev–Trinajstić information content (AvgIpc) is 2.27. The van der Waals surface area contributed by atoms with E-state index in [0.717, 1.165) is 6.42 Å². The van der Waals surface area contributed by atoms with E-state index in [1.807, 2.05) is 6.08 Å². The minimum atomic E-state index is -0.370. The molecule has 2 heteroatoms. The van der Waals surface area contributed by atoms with E-state index in [4.69, 9.17) is 5.11 Å². The Morgan fingerprint density at radius 3 is 2.38 bits per heavy atom. The van der Waals surface area contributed by atoms with Crippen LogP contribution in [-0.4, -0.2) is 22.9 Å². The largest absolute Gasteiger partial charge is 0.396 e. The molecule has 96 valence electrons. The van der Waals surface area contributed by atoms with Gasteiger partial charge >= 0.3 is 0 Å². The predicted molar refractivity (Wildman–Crippen MR) is 69.5 cm³/mol. The molecule has 0 heterocycles. The van der Waals surface area contributed by atoms with Crippen LogP contribution in [0.3, 0.4) is 0 Å². The van der Waals surface area contributed by atoms with E-state index >= 15 is 0 Å². The van der Waals surface area contributed by atoms with E-state index in [9.17, 15) is 5.11 Å². The summed E-state index contributed by atoms with van der Waals surface area (Å²) in [4.78, 5) is 0. The van der Waals surface area contributed by atoms with Crippen LogP contribution in [0, 0.1) is 0 Å². The van der Waals surface area contributed by atoms with Crippen molar-refractivity contribution in [3.8, 4) is 0 Å². The lowest BCUT2D eigenvalue weighted by Gasteiger charge is -2.03. The third-order valence-corrected chi connectivity index (χ3v) is 2.76. The number of hydrogen-bond acceptors (Lipinski definition) is 2. The lowest BCUT2D eigenvalue weighted by Crippen LogP contribution is -2.06. The van der Waals surface area contributed by atoms with E-state index in [2.05, 4.69) is 13.0 Å². The summed E-state index contributed by atoms with van der Waals surface area (Å²) < 4.78 is 0. The van der Waals surface area contributed by atoms with Gasteiger partial charge in [0, 0.05) is 6.61 Å². The van der Waals surface area contributed by atoms with E-state index in [-0.39, 0.29) is 12.7 Å². The first kappa shape index (κ1) is 15.7. The summed E-state index contributed by atoms with van der Waals surface area (Å²) in [5.41, 5.74) is 0. The Morgan fingerprint density at radius 1 is 1.00 bits per heavy atom. The van der Waals surface area contributed by atoms with Gasteiger partial charge in [-0.15, -0.1) is 0 Å². The number of allylic oxidation sites excluding steroid dienone is 1. The quantitative estimate of drug-likeness (QED) is 0.420. The molecule has 0 aliphatic heterocycles. The molecule has 2 N–H and O–H groups in total. The maximum Gasteiger partial charge on any atom is 0.0596 e. The number of aliphatic hydroxyl groups is 2. The first-order valence-electron chi connectivity index (χ1n) is 6.75. The van der Waals surface area contributed by atoms with Crippen LogP contribution in [0.4, 0.5) is 0 Å². The molecule has 0 amide bonds. The molecule has 0 aromatic heterocycles. The van der Waals surface area contributed by atoms with Crippen molar-refractivity contribution >= 4 is 0 Å². The second-order valence-corrected chi connectivity index (χ2v) is 4.43. The van der Waals surface area contributed by atoms with Gasteiger partial charge in [-0.05, 0) is 25.7 Å². The molecule has 1 atom stereocenters. The van der Waals surface area contributed by atoms with Gasteiger partial charge < -0.3 is 10.2 Å². The average molecular weight is 228 g/mol. The molecule has 0 saturated heterocycles. The maximum absolute atomic E-state index is 9.34. The molecule has 0 aromatic rings. The Balaban J connectivity index is 3.15. The number of unbranched alkanes of at least 4 members (excludes halogenated alkanes) is 6. The van der Waals surface area contributed by atoms with Crippen LogP contribution in [0.25, 0.3) is 0 Å². The van der Waals surface area contributed by atoms with Crippen molar-refractivity contribution in [2.75, 3.05) is 6.61 Å². The monoisotopic (exact) mass is 228 g/mol. The first-order chi connectivity index (χ1) is 7.81. The molecule has 0 aliphatic carbocycles. The smallest absolute Gasteiger partial charge is 0.0596 e. The Bertz CT molecular complexity index is 155. The Kier molecular flexibility index (Phi) is 12.5. The molecule has 0 spiro atoms. The lowest BCUT2D eigenvalue weighted by atomic mass is 10.1. The third-order valence-electron chi connectivity index (χ3n) is 2.76. The highest BCUT2D eigenvalue weighted by Crippen LogP contribution is 2.07. The van der Waals surface area contributed by atoms with Crippen LogP contribution in [0.5, 0.6) is 0 Å². The molecule has 0 unspecified atom stereocenters. The van der Waals surface area contributed by atoms with Gasteiger partial charge in [-0.1, -0.05) is 51.2 Å². The summed E-state index contributed by atoms with van der Waals surface area (Å²) in [6.07, 6.45) is 14.1. The highest BCUT2D eigenvalue weighted by atomic mass is 16.3. The molecular formula is C14H28O2. The predicted octanol–water partition coefficient (Wildman–Crippen LogP) is 3.43. The van der Waals surface area contributed by atoms with E-state index < -0.39 is 0 Å². The van der Waals surface area contributed by atoms with Crippen molar-refractivity contribution in [2.45, 2.75) is 70.8 Å². The van der Waals surface area contributed by atoms with Crippen molar-refractivity contribution in [3.05, 3.63) is 12.2 Å². The van der Waals surface area contributed by atoms with Gasteiger partial charge in [0.15, 0.2) is 0 Å². The van der Waals surface area contributed by atoms with Gasteiger partial charge in [0.05, 0.1) is 6.10 Å². The molecular weight excluding hydrogens is 200 g/mol. The van der Waals surface area contributed by atoms with Crippen LogP contribution in [0.2, 0.25) is 0 Å². The molecule has 2 nitrogen and oxygen atoms in total. The maximum atomic E-state index is 9.34. The Morgan fingerprint density at radius 2 is 1.69 bits per heavy atom. The van der Waals surface area contributed by atoms with Crippen LogP contribution in [0.15, 0.2) is 12.2 Å². The number of aliphatic hydroxyl groups excluding tert-OH is 2. The van der Waals surface area contributed by atoms with Crippen LogP contribution in [-0.2, 0) is 0 Å². The highest BCUT2D eigenvalue weighted by Gasteiger charge is 1.98. The summed E-state index contributed by atoms with van der Waals surface area (Å²) in [7, 11) is 0. The van der Waals surface area contributed by atoms with Crippen LogP contribution >= 0.6 is 0 Å². The molecule has 0 saturated carbocycles. The first-order valence-corrected chi connectivity index (χ1v) is 6.75. The number of rotatable bonds is 11. The normalized spacial score (nSPS) is 13.4. The fourth-order valence-corrected chi connectivity index (χ4v) is 1.68. The zero-order valence-corrected chi connectivity index (χ0v) is 10.7. The van der Waals surface area contributed by atoms with Gasteiger partial charge in [-0.25, -0.2) is 0 Å². The summed E-state index contributed by atoms with van der Waals surface area (Å²) in [6, 6.07) is 0. The second-order valence-electron chi connectivity index (χ2n) is 4.43. The zero-order chi connectivity index (χ0) is 12.1. The molecule has 0 rings (SSSR count). The van der Waals surface area contributed by atoms with Gasteiger partial charge in [0.2, 0.25) is 0 Å². The molecule has 0 aliphatic rings. The van der Waals surface area contributed by atoms with Gasteiger partial charge in [-0.3, -0.25) is 0 Å². The fraction of sp³-hybridized carbons (Fsp3) is 0.857. The molecule has 0 bridgehead atoms. The standard InChI is InChI=1S/C14H28O2/c1-2-3-4-5-6-7-8-9-10-11-14(16)12-13-15/h9-10,14-16H,2-8,11-13H2,1H3/b10-9-/t14-/m0/s1. The molecule has 0 fully saturated rings. The topological polar surface area (TPSA) is 40.5 Å². The van der Waals surface area contributed by atoms with Gasteiger partial charge in [0.25, 0.3) is 0 Å². The highest BCUT2D eigenvalue weighted by molar-refractivity contribution is 4.83. The Labute approximate surface area is 100 Å². The summed E-state index contributed by atoms with van der Waals surface area (Å²) in [5.74, 6) is 0. The molecule has 0 aromatic carbocycles. The van der Waals surface area contributed by atoms with Crippen molar-refractivity contribution < 1.29 is 10.2 Å². The Hall–Kier alpha value is -0.340. The van der Waals surface area contributed by atoms with Crippen molar-refractivity contribution in [2.24, 2.45) is 0 Å². The molecule has 0 radical (unpaired) electrons. The zero-order valence-electron chi connectivity index (χ0n) is 10.7. The minimum absolute atomic E-state index is 0.0758. The molecule has 16 heavy (non-hydrogen) atoms. The summed E-state index contributed by atoms with van der Waals surface area (Å²) >= 11 is 0. The second kappa shape index (κ2) is 12.7. The van der Waals surface area contributed by atoms with Crippen LogP contribution in [0.1, 0.15) is 64.7 Å². The minimum Gasteiger partial charge on any atom is -0.396 e. The third kappa shape index (κ3) is 11.7. The summed E-state index contributed by atoms with van der Waals surface area (Å²) in [5, 5.41) is 17.9. The lowest BCUT2D eigenvalue weighted by molar-refractivity contribution is 0.135. The fourth-order valence-electron chi connectivity index (χ4n) is 1.68. The SMILES string of the molecule is CCCCCCCC/C=C\C[C@H](O)CCO. The van der Waals surface area contributed by atoms with Crippen molar-refractivity contribution in [1.29, 1.82) is 0 Å². The van der Waals surface area contributed by atoms with Crippen LogP contribution < -0.4 is 0 Å². The van der Waals surface area contributed by atoms with E-state index in [1.54, 1.807) is 0 Å².